The monoisotopic (exact) mass is 325 g/mol. The Kier molecular flexibility index (Phi) is 4.76. The molecule has 0 aliphatic carbocycles. The number of para-hydroxylation sites is 2. The number of hydrogen-bond donors (Lipinski definition) is 0. The SMILES string of the molecule is COc1ccccc1N1CCN(Cc2cccc(C)n2)CC1(C)C. The van der Waals surface area contributed by atoms with Crippen molar-refractivity contribution in [3.8, 4) is 5.75 Å². The van der Waals surface area contributed by atoms with E-state index in [1.54, 1.807) is 7.11 Å². The van der Waals surface area contributed by atoms with E-state index in [1.165, 1.54) is 5.69 Å². The molecule has 1 fully saturated rings. The summed E-state index contributed by atoms with van der Waals surface area (Å²) < 4.78 is 5.56. The third-order valence-corrected chi connectivity index (χ3v) is 4.69. The molecule has 4 nitrogen and oxygen atoms in total. The van der Waals surface area contributed by atoms with Gasteiger partial charge in [-0.3, -0.25) is 9.88 Å². The van der Waals surface area contributed by atoms with E-state index in [4.69, 9.17) is 4.74 Å². The van der Waals surface area contributed by atoms with E-state index < -0.39 is 0 Å². The lowest BCUT2D eigenvalue weighted by atomic mass is 9.97. The molecule has 128 valence electrons. The highest BCUT2D eigenvalue weighted by molar-refractivity contribution is 5.60. The smallest absolute Gasteiger partial charge is 0.142 e. The maximum atomic E-state index is 5.56. The molecule has 1 aliphatic rings. The van der Waals surface area contributed by atoms with Gasteiger partial charge < -0.3 is 9.64 Å². The van der Waals surface area contributed by atoms with Crippen molar-refractivity contribution >= 4 is 5.69 Å². The lowest BCUT2D eigenvalue weighted by molar-refractivity contribution is 0.173. The Labute approximate surface area is 145 Å². The van der Waals surface area contributed by atoms with E-state index >= 15 is 0 Å². The first-order valence-corrected chi connectivity index (χ1v) is 8.55. The minimum Gasteiger partial charge on any atom is -0.495 e. The van der Waals surface area contributed by atoms with Crippen LogP contribution in [-0.2, 0) is 6.54 Å². The van der Waals surface area contributed by atoms with Gasteiger partial charge in [0.1, 0.15) is 5.75 Å². The summed E-state index contributed by atoms with van der Waals surface area (Å²) in [6.07, 6.45) is 0. The minimum atomic E-state index is 0.0384. The molecule has 0 radical (unpaired) electrons. The standard InChI is InChI=1S/C20H27N3O/c1-16-8-7-9-17(21-16)14-22-12-13-23(20(2,3)15-22)18-10-5-6-11-19(18)24-4/h5-11H,12-15H2,1-4H3. The predicted octanol–water partition coefficient (Wildman–Crippen LogP) is 3.50. The lowest BCUT2D eigenvalue weighted by Gasteiger charge is -2.48. The molecular weight excluding hydrogens is 298 g/mol. The summed E-state index contributed by atoms with van der Waals surface area (Å²) in [5.41, 5.74) is 3.45. The second kappa shape index (κ2) is 6.81. The van der Waals surface area contributed by atoms with Gasteiger partial charge in [-0.05, 0) is 45.0 Å². The number of ether oxygens (including phenoxy) is 1. The predicted molar refractivity (Wildman–Crippen MR) is 98.7 cm³/mol. The van der Waals surface area contributed by atoms with Crippen LogP contribution in [0.5, 0.6) is 5.75 Å². The number of nitrogens with zero attached hydrogens (tertiary/aromatic N) is 3. The maximum absolute atomic E-state index is 5.56. The quantitative estimate of drug-likeness (QED) is 0.860. The molecule has 1 aliphatic heterocycles. The Bertz CT molecular complexity index is 699. The molecule has 24 heavy (non-hydrogen) atoms. The van der Waals surface area contributed by atoms with Gasteiger partial charge >= 0.3 is 0 Å². The Morgan fingerprint density at radius 3 is 2.58 bits per heavy atom. The maximum Gasteiger partial charge on any atom is 0.142 e. The zero-order chi connectivity index (χ0) is 17.2. The summed E-state index contributed by atoms with van der Waals surface area (Å²) in [5.74, 6) is 0.944. The van der Waals surface area contributed by atoms with Crippen molar-refractivity contribution in [2.24, 2.45) is 0 Å². The van der Waals surface area contributed by atoms with Crippen LogP contribution in [0.25, 0.3) is 0 Å². The molecule has 0 amide bonds. The molecule has 1 aromatic carbocycles. The third kappa shape index (κ3) is 3.54. The Morgan fingerprint density at radius 1 is 1.08 bits per heavy atom. The van der Waals surface area contributed by atoms with E-state index in [0.717, 1.165) is 43.3 Å². The van der Waals surface area contributed by atoms with Crippen LogP contribution in [0.3, 0.4) is 0 Å². The van der Waals surface area contributed by atoms with Gasteiger partial charge in [-0.15, -0.1) is 0 Å². The van der Waals surface area contributed by atoms with Crippen LogP contribution in [0.4, 0.5) is 5.69 Å². The molecule has 0 atom stereocenters. The highest BCUT2D eigenvalue weighted by Crippen LogP contribution is 2.35. The zero-order valence-electron chi connectivity index (χ0n) is 15.1. The fraction of sp³-hybridized carbons (Fsp3) is 0.450. The fourth-order valence-corrected chi connectivity index (χ4v) is 3.61. The zero-order valence-corrected chi connectivity index (χ0v) is 15.1. The van der Waals surface area contributed by atoms with Crippen LogP contribution in [0, 0.1) is 6.92 Å². The van der Waals surface area contributed by atoms with Crippen molar-refractivity contribution in [3.05, 3.63) is 53.9 Å². The second-order valence-electron chi connectivity index (χ2n) is 7.12. The third-order valence-electron chi connectivity index (χ3n) is 4.69. The number of aromatic nitrogens is 1. The van der Waals surface area contributed by atoms with E-state index in [2.05, 4.69) is 52.9 Å². The Balaban J connectivity index is 1.75. The lowest BCUT2D eigenvalue weighted by Crippen LogP contribution is -2.59. The van der Waals surface area contributed by atoms with Crippen molar-refractivity contribution in [1.29, 1.82) is 0 Å². The molecule has 0 unspecified atom stereocenters. The second-order valence-corrected chi connectivity index (χ2v) is 7.12. The first-order valence-electron chi connectivity index (χ1n) is 8.55. The summed E-state index contributed by atoms with van der Waals surface area (Å²) in [6.45, 7) is 10.6. The largest absolute Gasteiger partial charge is 0.495 e. The van der Waals surface area contributed by atoms with Crippen molar-refractivity contribution in [3.63, 3.8) is 0 Å². The van der Waals surface area contributed by atoms with E-state index in [-0.39, 0.29) is 5.54 Å². The van der Waals surface area contributed by atoms with Gasteiger partial charge in [0.25, 0.3) is 0 Å². The number of rotatable bonds is 4. The van der Waals surface area contributed by atoms with Crippen LogP contribution in [0.15, 0.2) is 42.5 Å². The number of anilines is 1. The molecule has 4 heteroatoms. The van der Waals surface area contributed by atoms with Crippen LogP contribution in [0.1, 0.15) is 25.2 Å². The average Bonchev–Trinajstić information content (AvgIpc) is 2.54. The molecule has 0 N–H and O–H groups in total. The number of benzene rings is 1. The molecular formula is C20H27N3O. The first kappa shape index (κ1) is 16.8. The highest BCUT2D eigenvalue weighted by atomic mass is 16.5. The van der Waals surface area contributed by atoms with Crippen LogP contribution in [-0.4, -0.2) is 42.2 Å². The van der Waals surface area contributed by atoms with Gasteiger partial charge in [0.15, 0.2) is 0 Å². The molecule has 1 aromatic heterocycles. The molecule has 0 saturated carbocycles. The summed E-state index contributed by atoms with van der Waals surface area (Å²) in [5, 5.41) is 0. The number of pyridine rings is 1. The number of methoxy groups -OCH3 is 1. The number of aryl methyl sites for hydroxylation is 1. The fourth-order valence-electron chi connectivity index (χ4n) is 3.61. The number of hydrogen-bond acceptors (Lipinski definition) is 4. The normalized spacial score (nSPS) is 17.8. The van der Waals surface area contributed by atoms with Crippen LogP contribution < -0.4 is 9.64 Å². The van der Waals surface area contributed by atoms with Crippen LogP contribution >= 0.6 is 0 Å². The molecule has 1 saturated heterocycles. The van der Waals surface area contributed by atoms with Crippen molar-refractivity contribution in [1.82, 2.24) is 9.88 Å². The van der Waals surface area contributed by atoms with Gasteiger partial charge in [-0.2, -0.15) is 0 Å². The van der Waals surface area contributed by atoms with Gasteiger partial charge in [-0.25, -0.2) is 0 Å². The van der Waals surface area contributed by atoms with Crippen molar-refractivity contribution < 1.29 is 4.74 Å². The minimum absolute atomic E-state index is 0.0384. The van der Waals surface area contributed by atoms with Crippen LogP contribution in [0.2, 0.25) is 0 Å². The first-order chi connectivity index (χ1) is 11.5. The van der Waals surface area contributed by atoms with Gasteiger partial charge in [0.2, 0.25) is 0 Å². The summed E-state index contributed by atoms with van der Waals surface area (Å²) in [7, 11) is 1.74. The van der Waals surface area contributed by atoms with Gasteiger partial charge in [-0.1, -0.05) is 18.2 Å². The molecule has 0 spiro atoms. The van der Waals surface area contributed by atoms with Crippen molar-refractivity contribution in [2.75, 3.05) is 31.6 Å². The molecule has 0 bridgehead atoms. The summed E-state index contributed by atoms with van der Waals surface area (Å²) in [4.78, 5) is 9.60. The van der Waals surface area contributed by atoms with E-state index in [0.29, 0.717) is 0 Å². The van der Waals surface area contributed by atoms with E-state index in [1.807, 2.05) is 25.1 Å². The summed E-state index contributed by atoms with van der Waals surface area (Å²) in [6, 6.07) is 14.5. The van der Waals surface area contributed by atoms with Gasteiger partial charge in [0, 0.05) is 37.4 Å². The van der Waals surface area contributed by atoms with E-state index in [9.17, 15) is 0 Å². The topological polar surface area (TPSA) is 28.6 Å². The van der Waals surface area contributed by atoms with Gasteiger partial charge in [0.05, 0.1) is 18.5 Å². The number of piperazine rings is 1. The molecule has 2 heterocycles. The average molecular weight is 325 g/mol. The Hall–Kier alpha value is -2.07. The molecule has 3 rings (SSSR count). The summed E-state index contributed by atoms with van der Waals surface area (Å²) >= 11 is 0. The highest BCUT2D eigenvalue weighted by Gasteiger charge is 2.35. The van der Waals surface area contributed by atoms with Crippen molar-refractivity contribution in [2.45, 2.75) is 32.9 Å². The molecule has 2 aromatic rings. The Morgan fingerprint density at radius 2 is 1.88 bits per heavy atom.